The number of rotatable bonds is 59. The predicted molar refractivity (Wildman–Crippen MR) is 334 cm³/mol. The summed E-state index contributed by atoms with van der Waals surface area (Å²) < 4.78 is 16.9. The molecule has 0 aliphatic heterocycles. The summed E-state index contributed by atoms with van der Waals surface area (Å²) in [5, 5.41) is 0. The molecule has 1 atom stereocenters. The minimum atomic E-state index is -0.800. The fourth-order valence-electron chi connectivity index (χ4n) is 9.18. The molecule has 6 heteroatoms. The average Bonchev–Trinajstić information content (AvgIpc) is 3.43. The van der Waals surface area contributed by atoms with E-state index in [9.17, 15) is 14.4 Å². The molecule has 0 spiro atoms. The number of unbranched alkanes of at least 4 members (excludes halogenated alkanes) is 32. The van der Waals surface area contributed by atoms with Crippen LogP contribution >= 0.6 is 0 Å². The van der Waals surface area contributed by atoms with E-state index in [2.05, 4.69) is 118 Å². The maximum atomic E-state index is 12.9. The molecule has 0 aliphatic carbocycles. The van der Waals surface area contributed by atoms with Gasteiger partial charge in [-0.2, -0.15) is 0 Å². The van der Waals surface area contributed by atoms with Gasteiger partial charge in [-0.05, 0) is 103 Å². The highest BCUT2D eigenvalue weighted by atomic mass is 16.6. The molecule has 0 heterocycles. The van der Waals surface area contributed by atoms with Crippen LogP contribution in [0.5, 0.6) is 0 Å². The van der Waals surface area contributed by atoms with Crippen LogP contribution in [0.2, 0.25) is 0 Å². The summed E-state index contributed by atoms with van der Waals surface area (Å²) >= 11 is 0. The van der Waals surface area contributed by atoms with E-state index < -0.39 is 6.10 Å². The molecule has 0 bridgehead atoms. The van der Waals surface area contributed by atoms with Gasteiger partial charge in [-0.15, -0.1) is 0 Å². The van der Waals surface area contributed by atoms with Gasteiger partial charge in [-0.3, -0.25) is 14.4 Å². The van der Waals surface area contributed by atoms with Crippen molar-refractivity contribution in [2.45, 2.75) is 322 Å². The van der Waals surface area contributed by atoms with E-state index in [1.807, 2.05) is 0 Å². The lowest BCUT2D eigenvalue weighted by atomic mass is 10.0. The zero-order chi connectivity index (χ0) is 55.7. The van der Waals surface area contributed by atoms with Crippen LogP contribution in [0.4, 0.5) is 0 Å². The van der Waals surface area contributed by atoms with Crippen molar-refractivity contribution in [2.75, 3.05) is 13.2 Å². The first-order valence-electron chi connectivity index (χ1n) is 32.7. The molecule has 0 saturated carbocycles. The predicted octanol–water partition coefficient (Wildman–Crippen LogP) is 22.4. The van der Waals surface area contributed by atoms with Gasteiger partial charge in [-0.1, -0.05) is 291 Å². The van der Waals surface area contributed by atoms with E-state index in [0.29, 0.717) is 19.3 Å². The van der Waals surface area contributed by atoms with Gasteiger partial charge >= 0.3 is 17.9 Å². The van der Waals surface area contributed by atoms with E-state index in [4.69, 9.17) is 14.2 Å². The lowest BCUT2D eigenvalue weighted by Crippen LogP contribution is -2.30. The zero-order valence-corrected chi connectivity index (χ0v) is 50.7. The van der Waals surface area contributed by atoms with E-state index in [1.54, 1.807) is 0 Å². The summed E-state index contributed by atoms with van der Waals surface area (Å²) in [6, 6.07) is 0. The van der Waals surface area contributed by atoms with Crippen LogP contribution in [-0.4, -0.2) is 37.2 Å². The highest BCUT2D eigenvalue weighted by Gasteiger charge is 2.19. The molecule has 0 N–H and O–H groups in total. The van der Waals surface area contributed by atoms with E-state index in [-0.39, 0.29) is 31.1 Å². The second kappa shape index (κ2) is 64.9. The van der Waals surface area contributed by atoms with Gasteiger partial charge in [0.15, 0.2) is 6.10 Å². The van der Waals surface area contributed by atoms with Gasteiger partial charge in [-0.25, -0.2) is 0 Å². The second-order valence-corrected chi connectivity index (χ2v) is 21.6. The summed E-state index contributed by atoms with van der Waals surface area (Å²) in [6.07, 6.45) is 87.0. The SMILES string of the molecule is CC/C=C\C/C=C\C/C=C\C/C=C\C/C=C\C/C=C\CCCCC(=O)OCC(COC(=O)CCCCCCCCC/C=C\C/C=C\CCCCCC)OC(=O)CCCCCCCCCCCCCCCCCCCCCC. The minimum Gasteiger partial charge on any atom is -0.462 e. The first-order valence-corrected chi connectivity index (χ1v) is 32.7. The molecule has 6 nitrogen and oxygen atoms in total. The molecule has 0 aromatic carbocycles. The number of carbonyl (C=O) groups excluding carboxylic acids is 3. The summed E-state index contributed by atoms with van der Waals surface area (Å²) in [4.78, 5) is 38.4. The maximum absolute atomic E-state index is 12.9. The van der Waals surface area contributed by atoms with E-state index in [1.165, 1.54) is 167 Å². The molecule has 442 valence electrons. The van der Waals surface area contributed by atoms with Crippen LogP contribution in [-0.2, 0) is 28.6 Å². The molecular weight excluding hydrogens is 949 g/mol. The van der Waals surface area contributed by atoms with Gasteiger partial charge in [0.05, 0.1) is 0 Å². The van der Waals surface area contributed by atoms with Crippen molar-refractivity contribution >= 4 is 17.9 Å². The smallest absolute Gasteiger partial charge is 0.306 e. The third kappa shape index (κ3) is 63.0. The monoisotopic (exact) mass is 1070 g/mol. The van der Waals surface area contributed by atoms with Crippen LogP contribution in [0, 0.1) is 0 Å². The molecule has 0 aliphatic rings. The normalized spacial score (nSPS) is 12.7. The van der Waals surface area contributed by atoms with Gasteiger partial charge in [0.25, 0.3) is 0 Å². The van der Waals surface area contributed by atoms with E-state index in [0.717, 1.165) is 109 Å². The minimum absolute atomic E-state index is 0.0937. The lowest BCUT2D eigenvalue weighted by molar-refractivity contribution is -0.167. The summed E-state index contributed by atoms with van der Waals surface area (Å²) in [6.45, 7) is 6.51. The quantitative estimate of drug-likeness (QED) is 0.0261. The Balaban J connectivity index is 4.45. The Morgan fingerprint density at radius 2 is 0.506 bits per heavy atom. The van der Waals surface area contributed by atoms with Crippen molar-refractivity contribution in [1.82, 2.24) is 0 Å². The topological polar surface area (TPSA) is 78.9 Å². The Bertz CT molecular complexity index is 1510. The number of hydrogen-bond acceptors (Lipinski definition) is 6. The molecule has 0 radical (unpaired) electrons. The molecule has 77 heavy (non-hydrogen) atoms. The Labute approximate surface area is 477 Å². The zero-order valence-electron chi connectivity index (χ0n) is 50.7. The molecule has 0 saturated heterocycles. The Hall–Kier alpha value is -3.67. The Morgan fingerprint density at radius 1 is 0.273 bits per heavy atom. The molecule has 0 fully saturated rings. The summed E-state index contributed by atoms with van der Waals surface area (Å²) in [5.41, 5.74) is 0. The standard InChI is InChI=1S/C71H122O6/c1-4-7-10-13-16-19-22-25-28-31-34-36-38-40-43-46-49-52-55-58-61-64-70(73)76-67-68(66-75-69(72)63-60-57-54-51-48-45-42-39-33-30-27-24-21-18-15-12-9-6-3)77-71(74)65-62-59-56-53-50-47-44-41-37-35-32-29-26-23-20-17-14-11-8-5-2/h7,10,16,19,21,24-25,28,30,33-34,36,40,43,49,52,68H,4-6,8-9,11-15,17-18,20,22-23,26-27,29,31-32,35,37-39,41-42,44-48,50-51,53-67H2,1-3H3/b10-7-,19-16-,24-21-,28-25-,33-30-,36-34-,43-40-,52-49-. The van der Waals surface area contributed by atoms with Gasteiger partial charge in [0.1, 0.15) is 13.2 Å². The van der Waals surface area contributed by atoms with Crippen molar-refractivity contribution in [3.63, 3.8) is 0 Å². The first-order chi connectivity index (χ1) is 38.0. The van der Waals surface area contributed by atoms with Crippen LogP contribution in [0.15, 0.2) is 97.2 Å². The van der Waals surface area contributed by atoms with Crippen LogP contribution in [0.3, 0.4) is 0 Å². The molecule has 0 amide bonds. The van der Waals surface area contributed by atoms with Crippen molar-refractivity contribution in [2.24, 2.45) is 0 Å². The van der Waals surface area contributed by atoms with Crippen LogP contribution in [0.25, 0.3) is 0 Å². The van der Waals surface area contributed by atoms with Crippen molar-refractivity contribution < 1.29 is 28.6 Å². The van der Waals surface area contributed by atoms with E-state index >= 15 is 0 Å². The summed E-state index contributed by atoms with van der Waals surface area (Å²) in [5.74, 6) is -0.932. The average molecular weight is 1070 g/mol. The Morgan fingerprint density at radius 3 is 0.831 bits per heavy atom. The number of esters is 3. The highest BCUT2D eigenvalue weighted by Crippen LogP contribution is 2.17. The van der Waals surface area contributed by atoms with Crippen molar-refractivity contribution in [3.8, 4) is 0 Å². The van der Waals surface area contributed by atoms with Gasteiger partial charge in [0.2, 0.25) is 0 Å². The van der Waals surface area contributed by atoms with Crippen molar-refractivity contribution in [1.29, 1.82) is 0 Å². The largest absolute Gasteiger partial charge is 0.462 e. The number of carbonyl (C=O) groups is 3. The van der Waals surface area contributed by atoms with Crippen LogP contribution < -0.4 is 0 Å². The number of hydrogen-bond donors (Lipinski definition) is 0. The molecular formula is C71H122O6. The molecule has 1 unspecified atom stereocenters. The fourth-order valence-corrected chi connectivity index (χ4v) is 9.18. The molecule has 0 rings (SSSR count). The second-order valence-electron chi connectivity index (χ2n) is 21.6. The lowest BCUT2D eigenvalue weighted by Gasteiger charge is -2.18. The third-order valence-corrected chi connectivity index (χ3v) is 14.1. The number of allylic oxidation sites excluding steroid dienone is 16. The van der Waals surface area contributed by atoms with Gasteiger partial charge < -0.3 is 14.2 Å². The first kappa shape index (κ1) is 73.3. The van der Waals surface area contributed by atoms with Crippen molar-refractivity contribution in [3.05, 3.63) is 97.2 Å². The highest BCUT2D eigenvalue weighted by molar-refractivity contribution is 5.71. The maximum Gasteiger partial charge on any atom is 0.306 e. The van der Waals surface area contributed by atoms with Crippen LogP contribution in [0.1, 0.15) is 316 Å². The third-order valence-electron chi connectivity index (χ3n) is 14.1. The summed E-state index contributed by atoms with van der Waals surface area (Å²) in [7, 11) is 0. The fraction of sp³-hybridized carbons (Fsp3) is 0.732. The Kier molecular flexibility index (Phi) is 61.8. The molecule has 0 aromatic rings. The van der Waals surface area contributed by atoms with Gasteiger partial charge in [0, 0.05) is 19.3 Å². The molecule has 0 aromatic heterocycles. The number of ether oxygens (including phenoxy) is 3.